The molecule has 0 aliphatic carbocycles. The SMILES string of the molecule is CC/C=C\C/C=C\C/C=C\C/C=C\C/C=C\CCCCCCCCCCCCCCCCCCCCCC(=O)NC(COC1OC(CO)C(O)C(O)C1O)C(O)/C=C/CC/C=C/CCCCCCCCCC. The maximum absolute atomic E-state index is 13.0. The fourth-order valence-electron chi connectivity index (χ4n) is 9.02. The predicted molar refractivity (Wildman–Crippen MR) is 304 cm³/mol. The first-order valence-electron chi connectivity index (χ1n) is 29.8. The maximum Gasteiger partial charge on any atom is 0.220 e. The lowest BCUT2D eigenvalue weighted by Gasteiger charge is -2.40. The van der Waals surface area contributed by atoms with E-state index in [0.29, 0.717) is 6.42 Å². The van der Waals surface area contributed by atoms with Crippen molar-refractivity contribution in [2.24, 2.45) is 0 Å². The molecule has 1 fully saturated rings. The van der Waals surface area contributed by atoms with Crippen molar-refractivity contribution in [3.05, 3.63) is 85.1 Å². The number of allylic oxidation sites excluding steroid dienone is 13. The molecular weight excluding hydrogens is 899 g/mol. The Bertz CT molecular complexity index is 1400. The van der Waals surface area contributed by atoms with Crippen molar-refractivity contribution in [2.75, 3.05) is 13.2 Å². The van der Waals surface area contributed by atoms with Crippen LogP contribution in [0, 0.1) is 0 Å². The van der Waals surface area contributed by atoms with Gasteiger partial charge in [0, 0.05) is 6.42 Å². The zero-order chi connectivity index (χ0) is 52.2. The molecule has 72 heavy (non-hydrogen) atoms. The monoisotopic (exact) mass is 1010 g/mol. The molecule has 9 heteroatoms. The standard InChI is InChI=1S/C63H111NO8/c1-3-5-7-9-11-13-15-17-19-20-21-22-23-24-25-26-27-28-29-30-31-32-33-34-35-36-37-38-39-41-43-45-47-49-51-53-59(67)64-56(55-71-63-62(70)61(69)60(68)58(54-65)72-63)57(66)52-50-48-46-44-42-40-18-16-14-12-10-8-6-4-2/h5,7,11,13,17,19,21-22,24-25,42,44,50,52,56-58,60-63,65-66,68-70H,3-4,6,8-10,12,14-16,18,20,23,26-41,43,45-49,51,53-55H2,1-2H3,(H,64,67)/b7-5-,13-11-,19-17-,22-21-,25-24-,44-42+,52-50+. The summed E-state index contributed by atoms with van der Waals surface area (Å²) in [6.07, 6.45) is 66.7. The van der Waals surface area contributed by atoms with Crippen molar-refractivity contribution >= 4 is 5.91 Å². The number of carbonyl (C=O) groups excluding carboxylic acids is 1. The van der Waals surface area contributed by atoms with Gasteiger partial charge in [0.05, 0.1) is 25.4 Å². The Balaban J connectivity index is 2.12. The Labute approximate surface area is 441 Å². The third-order valence-corrected chi connectivity index (χ3v) is 13.7. The van der Waals surface area contributed by atoms with E-state index in [1.807, 2.05) is 6.08 Å². The second-order valence-corrected chi connectivity index (χ2v) is 20.4. The van der Waals surface area contributed by atoms with Crippen molar-refractivity contribution in [3.8, 4) is 0 Å². The smallest absolute Gasteiger partial charge is 0.220 e. The van der Waals surface area contributed by atoms with Crippen molar-refractivity contribution in [2.45, 2.75) is 294 Å². The van der Waals surface area contributed by atoms with E-state index in [1.54, 1.807) is 6.08 Å². The van der Waals surface area contributed by atoms with Gasteiger partial charge in [0.25, 0.3) is 0 Å². The first kappa shape index (κ1) is 67.4. The molecule has 1 rings (SSSR count). The number of hydrogen-bond acceptors (Lipinski definition) is 8. The molecule has 0 aromatic carbocycles. The normalized spacial score (nSPS) is 19.8. The lowest BCUT2D eigenvalue weighted by molar-refractivity contribution is -0.302. The van der Waals surface area contributed by atoms with Gasteiger partial charge in [-0.2, -0.15) is 0 Å². The van der Waals surface area contributed by atoms with Crippen LogP contribution in [-0.4, -0.2) is 87.5 Å². The van der Waals surface area contributed by atoms with Gasteiger partial charge >= 0.3 is 0 Å². The number of ether oxygens (including phenoxy) is 2. The molecule has 1 saturated heterocycles. The van der Waals surface area contributed by atoms with E-state index < -0.39 is 49.5 Å². The van der Waals surface area contributed by atoms with E-state index in [9.17, 15) is 30.3 Å². The zero-order valence-corrected chi connectivity index (χ0v) is 46.2. The summed E-state index contributed by atoms with van der Waals surface area (Å²) in [6, 6.07) is -0.823. The van der Waals surface area contributed by atoms with Gasteiger partial charge in [-0.3, -0.25) is 4.79 Å². The number of carbonyl (C=O) groups is 1. The molecule has 0 aromatic rings. The Morgan fingerprint density at radius 1 is 0.486 bits per heavy atom. The lowest BCUT2D eigenvalue weighted by atomic mass is 9.99. The second-order valence-electron chi connectivity index (χ2n) is 20.4. The summed E-state index contributed by atoms with van der Waals surface area (Å²) in [7, 11) is 0. The summed E-state index contributed by atoms with van der Waals surface area (Å²) in [4.78, 5) is 13.0. The van der Waals surface area contributed by atoms with Crippen LogP contribution in [0.25, 0.3) is 0 Å². The van der Waals surface area contributed by atoms with E-state index in [2.05, 4.69) is 92.1 Å². The minimum absolute atomic E-state index is 0.187. The van der Waals surface area contributed by atoms with Crippen molar-refractivity contribution < 1.29 is 39.8 Å². The molecule has 7 unspecified atom stereocenters. The van der Waals surface area contributed by atoms with E-state index in [-0.39, 0.29) is 12.5 Å². The highest BCUT2D eigenvalue weighted by molar-refractivity contribution is 5.76. The number of rotatable bonds is 50. The minimum Gasteiger partial charge on any atom is -0.394 e. The van der Waals surface area contributed by atoms with Crippen LogP contribution in [0.3, 0.4) is 0 Å². The Morgan fingerprint density at radius 3 is 1.33 bits per heavy atom. The molecule has 416 valence electrons. The van der Waals surface area contributed by atoms with Gasteiger partial charge in [-0.05, 0) is 77.0 Å². The van der Waals surface area contributed by atoms with Crippen molar-refractivity contribution in [1.29, 1.82) is 0 Å². The Morgan fingerprint density at radius 2 is 0.875 bits per heavy atom. The van der Waals surface area contributed by atoms with Crippen LogP contribution < -0.4 is 5.32 Å². The van der Waals surface area contributed by atoms with Crippen LogP contribution in [-0.2, 0) is 14.3 Å². The van der Waals surface area contributed by atoms with Gasteiger partial charge in [-0.15, -0.1) is 0 Å². The van der Waals surface area contributed by atoms with Gasteiger partial charge in [0.2, 0.25) is 5.91 Å². The van der Waals surface area contributed by atoms with E-state index in [1.165, 1.54) is 161 Å². The van der Waals surface area contributed by atoms with Crippen LogP contribution >= 0.6 is 0 Å². The molecule has 9 nitrogen and oxygen atoms in total. The average molecular weight is 1010 g/mol. The van der Waals surface area contributed by atoms with Crippen LogP contribution in [0.4, 0.5) is 0 Å². The summed E-state index contributed by atoms with van der Waals surface area (Å²) in [5.74, 6) is -0.187. The fourth-order valence-corrected chi connectivity index (χ4v) is 9.02. The molecular formula is C63H111NO8. The summed E-state index contributed by atoms with van der Waals surface area (Å²) in [5, 5.41) is 54.4. The predicted octanol–water partition coefficient (Wildman–Crippen LogP) is 15.0. The molecule has 1 amide bonds. The number of hydrogen-bond donors (Lipinski definition) is 6. The molecule has 1 heterocycles. The summed E-state index contributed by atoms with van der Waals surface area (Å²) < 4.78 is 11.2. The van der Waals surface area contributed by atoms with Crippen LogP contribution in [0.1, 0.15) is 251 Å². The number of nitrogens with one attached hydrogen (secondary N) is 1. The molecule has 0 spiro atoms. The summed E-state index contributed by atoms with van der Waals surface area (Å²) in [6.45, 7) is 3.64. The minimum atomic E-state index is -1.57. The number of unbranched alkanes of at least 4 members (excludes halogenated alkanes) is 28. The third-order valence-electron chi connectivity index (χ3n) is 13.7. The van der Waals surface area contributed by atoms with Gasteiger partial charge in [-0.25, -0.2) is 0 Å². The molecule has 7 atom stereocenters. The van der Waals surface area contributed by atoms with Crippen molar-refractivity contribution in [1.82, 2.24) is 5.32 Å². The van der Waals surface area contributed by atoms with Crippen LogP contribution in [0.2, 0.25) is 0 Å². The van der Waals surface area contributed by atoms with Crippen LogP contribution in [0.15, 0.2) is 85.1 Å². The molecule has 0 aromatic heterocycles. The summed E-state index contributed by atoms with van der Waals surface area (Å²) >= 11 is 0. The van der Waals surface area contributed by atoms with E-state index in [0.717, 1.165) is 70.6 Å². The van der Waals surface area contributed by atoms with Gasteiger partial charge < -0.3 is 40.3 Å². The highest BCUT2D eigenvalue weighted by Crippen LogP contribution is 2.23. The number of aliphatic hydroxyl groups is 5. The van der Waals surface area contributed by atoms with E-state index >= 15 is 0 Å². The molecule has 0 radical (unpaired) electrons. The number of aliphatic hydroxyl groups excluding tert-OH is 5. The summed E-state index contributed by atoms with van der Waals surface area (Å²) in [5.41, 5.74) is 0. The fraction of sp³-hybridized carbons (Fsp3) is 0.762. The van der Waals surface area contributed by atoms with Crippen LogP contribution in [0.5, 0.6) is 0 Å². The molecule has 1 aliphatic rings. The molecule has 1 aliphatic heterocycles. The highest BCUT2D eigenvalue weighted by Gasteiger charge is 2.44. The quantitative estimate of drug-likeness (QED) is 0.0261. The molecule has 0 bridgehead atoms. The highest BCUT2D eigenvalue weighted by atomic mass is 16.7. The second kappa shape index (κ2) is 51.8. The van der Waals surface area contributed by atoms with Crippen molar-refractivity contribution in [3.63, 3.8) is 0 Å². The topological polar surface area (TPSA) is 149 Å². The average Bonchev–Trinajstić information content (AvgIpc) is 3.38. The maximum atomic E-state index is 13.0. The molecule has 6 N–H and O–H groups in total. The third kappa shape index (κ3) is 40.7. The van der Waals surface area contributed by atoms with E-state index in [4.69, 9.17) is 9.47 Å². The first-order valence-corrected chi connectivity index (χ1v) is 29.8. The zero-order valence-electron chi connectivity index (χ0n) is 46.2. The largest absolute Gasteiger partial charge is 0.394 e. The molecule has 0 saturated carbocycles. The van der Waals surface area contributed by atoms with Gasteiger partial charge in [0.15, 0.2) is 6.29 Å². The Hall–Kier alpha value is -2.63. The Kier molecular flexibility index (Phi) is 48.5. The van der Waals surface area contributed by atoms with Gasteiger partial charge in [-0.1, -0.05) is 253 Å². The van der Waals surface area contributed by atoms with Gasteiger partial charge in [0.1, 0.15) is 24.4 Å². The first-order chi connectivity index (χ1) is 35.3. The lowest BCUT2D eigenvalue weighted by Crippen LogP contribution is -2.60. The number of amides is 1.